The lowest BCUT2D eigenvalue weighted by molar-refractivity contribution is 0.371. The summed E-state index contributed by atoms with van der Waals surface area (Å²) in [5.41, 5.74) is 5.49. The zero-order chi connectivity index (χ0) is 14.8. The average molecular weight is 294 g/mol. The van der Waals surface area contributed by atoms with Gasteiger partial charge in [0.15, 0.2) is 5.82 Å². The highest BCUT2D eigenvalue weighted by molar-refractivity contribution is 4.89. The molecule has 0 amide bonds. The molecule has 1 aromatic rings. The molecule has 0 bridgehead atoms. The van der Waals surface area contributed by atoms with Gasteiger partial charge in [-0.15, -0.1) is 0 Å². The molecule has 1 aliphatic rings. The Morgan fingerprint density at radius 2 is 1.90 bits per heavy atom. The predicted molar refractivity (Wildman–Crippen MR) is 85.0 cm³/mol. The van der Waals surface area contributed by atoms with E-state index in [0.717, 1.165) is 50.2 Å². The van der Waals surface area contributed by atoms with Crippen LogP contribution in [0.15, 0.2) is 0 Å². The van der Waals surface area contributed by atoms with E-state index in [0.29, 0.717) is 6.54 Å². The van der Waals surface area contributed by atoms with Crippen LogP contribution in [0.25, 0.3) is 0 Å². The van der Waals surface area contributed by atoms with E-state index in [1.807, 2.05) is 0 Å². The first-order valence-corrected chi connectivity index (χ1v) is 8.43. The number of rotatable bonds is 10. The predicted octanol–water partition coefficient (Wildman–Crippen LogP) is 1.10. The van der Waals surface area contributed by atoms with Gasteiger partial charge in [-0.05, 0) is 45.3 Å². The standard InChI is InChI=1S/C15H30N6/c16-12-15-19-14(20-21-15)8-4-9-17-10-5-11-18-13-6-2-1-3-7-13/h13,17-18H,1-12,16H2,(H,19,20,21). The number of aromatic amines is 1. The average Bonchev–Trinajstić information content (AvgIpc) is 2.99. The number of hydrogen-bond acceptors (Lipinski definition) is 5. The maximum absolute atomic E-state index is 5.49. The minimum atomic E-state index is 0.430. The summed E-state index contributed by atoms with van der Waals surface area (Å²) in [6.45, 7) is 3.68. The van der Waals surface area contributed by atoms with Crippen LogP contribution >= 0.6 is 0 Å². The summed E-state index contributed by atoms with van der Waals surface area (Å²) in [6, 6.07) is 0.779. The molecule has 2 rings (SSSR count). The van der Waals surface area contributed by atoms with Crippen molar-refractivity contribution < 1.29 is 0 Å². The van der Waals surface area contributed by atoms with Gasteiger partial charge in [-0.25, -0.2) is 4.98 Å². The molecule has 0 saturated heterocycles. The number of nitrogens with zero attached hydrogens (tertiary/aromatic N) is 2. The lowest BCUT2D eigenvalue weighted by Crippen LogP contribution is -2.33. The molecule has 0 atom stereocenters. The van der Waals surface area contributed by atoms with Gasteiger partial charge < -0.3 is 16.4 Å². The van der Waals surface area contributed by atoms with E-state index in [2.05, 4.69) is 25.8 Å². The molecule has 6 heteroatoms. The molecule has 0 unspecified atom stereocenters. The van der Waals surface area contributed by atoms with Gasteiger partial charge in [0.2, 0.25) is 0 Å². The van der Waals surface area contributed by atoms with E-state index >= 15 is 0 Å². The lowest BCUT2D eigenvalue weighted by atomic mass is 9.95. The Labute approximate surface area is 127 Å². The third-order valence-corrected chi connectivity index (χ3v) is 4.09. The second-order valence-electron chi connectivity index (χ2n) is 5.90. The summed E-state index contributed by atoms with van der Waals surface area (Å²) in [4.78, 5) is 4.30. The molecule has 120 valence electrons. The van der Waals surface area contributed by atoms with Crippen LogP contribution in [0.3, 0.4) is 0 Å². The molecule has 0 aromatic carbocycles. The SMILES string of the molecule is NCc1nc(CCCNCCCNC2CCCCC2)n[nH]1. The molecule has 5 N–H and O–H groups in total. The third-order valence-electron chi connectivity index (χ3n) is 4.09. The van der Waals surface area contributed by atoms with Crippen LogP contribution in [-0.4, -0.2) is 40.9 Å². The summed E-state index contributed by atoms with van der Waals surface area (Å²) in [5.74, 6) is 1.64. The van der Waals surface area contributed by atoms with E-state index < -0.39 is 0 Å². The van der Waals surface area contributed by atoms with Crippen molar-refractivity contribution in [2.24, 2.45) is 5.73 Å². The molecule has 0 aliphatic heterocycles. The van der Waals surface area contributed by atoms with Crippen molar-refractivity contribution in [1.29, 1.82) is 0 Å². The Morgan fingerprint density at radius 1 is 1.10 bits per heavy atom. The first-order chi connectivity index (χ1) is 10.4. The maximum Gasteiger partial charge on any atom is 0.150 e. The fraction of sp³-hybridized carbons (Fsp3) is 0.867. The van der Waals surface area contributed by atoms with Gasteiger partial charge in [0.1, 0.15) is 5.82 Å². The van der Waals surface area contributed by atoms with Crippen LogP contribution in [0, 0.1) is 0 Å². The summed E-state index contributed by atoms with van der Waals surface area (Å²) >= 11 is 0. The molecule has 0 spiro atoms. The number of nitrogens with one attached hydrogen (secondary N) is 3. The lowest BCUT2D eigenvalue weighted by Gasteiger charge is -2.22. The molecule has 0 radical (unpaired) electrons. The van der Waals surface area contributed by atoms with Crippen LogP contribution in [0.2, 0.25) is 0 Å². The Hall–Kier alpha value is -0.980. The Balaban J connectivity index is 1.39. The van der Waals surface area contributed by atoms with E-state index in [4.69, 9.17) is 5.73 Å². The topological polar surface area (TPSA) is 91.7 Å². The maximum atomic E-state index is 5.49. The monoisotopic (exact) mass is 294 g/mol. The molecule has 21 heavy (non-hydrogen) atoms. The Kier molecular flexibility index (Phi) is 7.70. The molecule has 1 fully saturated rings. The van der Waals surface area contributed by atoms with Crippen LogP contribution in [0.5, 0.6) is 0 Å². The summed E-state index contributed by atoms with van der Waals surface area (Å²) < 4.78 is 0. The van der Waals surface area contributed by atoms with Crippen molar-refractivity contribution in [3.05, 3.63) is 11.6 Å². The van der Waals surface area contributed by atoms with Crippen molar-refractivity contribution in [3.63, 3.8) is 0 Å². The number of hydrogen-bond donors (Lipinski definition) is 4. The molecule has 6 nitrogen and oxygen atoms in total. The minimum Gasteiger partial charge on any atom is -0.324 e. The van der Waals surface area contributed by atoms with E-state index in [9.17, 15) is 0 Å². The second kappa shape index (κ2) is 9.87. The Morgan fingerprint density at radius 3 is 2.67 bits per heavy atom. The molecule has 1 heterocycles. The van der Waals surface area contributed by atoms with Crippen LogP contribution < -0.4 is 16.4 Å². The van der Waals surface area contributed by atoms with Crippen LogP contribution in [0.4, 0.5) is 0 Å². The van der Waals surface area contributed by atoms with Crippen molar-refractivity contribution >= 4 is 0 Å². The zero-order valence-corrected chi connectivity index (χ0v) is 13.0. The van der Waals surface area contributed by atoms with Crippen molar-refractivity contribution in [2.45, 2.75) is 64.0 Å². The van der Waals surface area contributed by atoms with E-state index in [1.165, 1.54) is 38.5 Å². The van der Waals surface area contributed by atoms with Crippen molar-refractivity contribution in [2.75, 3.05) is 19.6 Å². The van der Waals surface area contributed by atoms with Crippen LogP contribution in [0.1, 0.15) is 56.6 Å². The van der Waals surface area contributed by atoms with Gasteiger partial charge >= 0.3 is 0 Å². The number of nitrogens with two attached hydrogens (primary N) is 1. The first-order valence-electron chi connectivity index (χ1n) is 8.43. The molecule has 1 aliphatic carbocycles. The van der Waals surface area contributed by atoms with Gasteiger partial charge in [0.05, 0.1) is 6.54 Å². The number of aryl methyl sites for hydroxylation is 1. The second-order valence-corrected chi connectivity index (χ2v) is 5.90. The highest BCUT2D eigenvalue weighted by atomic mass is 15.2. The Bertz CT molecular complexity index is 372. The quantitative estimate of drug-likeness (QED) is 0.485. The van der Waals surface area contributed by atoms with Gasteiger partial charge in [0, 0.05) is 12.5 Å². The fourth-order valence-corrected chi connectivity index (χ4v) is 2.86. The van der Waals surface area contributed by atoms with Crippen LogP contribution in [-0.2, 0) is 13.0 Å². The fourth-order valence-electron chi connectivity index (χ4n) is 2.86. The molecular formula is C15H30N6. The van der Waals surface area contributed by atoms with E-state index in [1.54, 1.807) is 0 Å². The van der Waals surface area contributed by atoms with Gasteiger partial charge in [-0.3, -0.25) is 5.10 Å². The highest BCUT2D eigenvalue weighted by Crippen LogP contribution is 2.17. The van der Waals surface area contributed by atoms with E-state index in [-0.39, 0.29) is 0 Å². The minimum absolute atomic E-state index is 0.430. The normalized spacial score (nSPS) is 16.4. The number of H-pyrrole nitrogens is 1. The highest BCUT2D eigenvalue weighted by Gasteiger charge is 2.11. The summed E-state index contributed by atoms with van der Waals surface area (Å²) in [7, 11) is 0. The smallest absolute Gasteiger partial charge is 0.150 e. The summed E-state index contributed by atoms with van der Waals surface area (Å²) in [5, 5.41) is 14.1. The van der Waals surface area contributed by atoms with Crippen molar-refractivity contribution in [3.8, 4) is 0 Å². The third kappa shape index (κ3) is 6.54. The summed E-state index contributed by atoms with van der Waals surface area (Å²) in [6.07, 6.45) is 10.2. The zero-order valence-electron chi connectivity index (χ0n) is 13.0. The largest absolute Gasteiger partial charge is 0.324 e. The van der Waals surface area contributed by atoms with Gasteiger partial charge in [-0.1, -0.05) is 19.3 Å². The molecule has 1 saturated carbocycles. The van der Waals surface area contributed by atoms with Gasteiger partial charge in [0.25, 0.3) is 0 Å². The number of aromatic nitrogens is 3. The first kappa shape index (κ1) is 16.4. The molecule has 1 aromatic heterocycles. The van der Waals surface area contributed by atoms with Crippen molar-refractivity contribution in [1.82, 2.24) is 25.8 Å². The van der Waals surface area contributed by atoms with Gasteiger partial charge in [-0.2, -0.15) is 5.10 Å². The molecular weight excluding hydrogens is 264 g/mol.